The smallest absolute Gasteiger partial charge is 0.0659 e. The Morgan fingerprint density at radius 1 is 0.636 bits per heavy atom. The van der Waals surface area contributed by atoms with E-state index in [0.29, 0.717) is 0 Å². The van der Waals surface area contributed by atoms with Crippen LogP contribution in [0.1, 0.15) is 16.7 Å². The average Bonchev–Trinajstić information content (AvgIpc) is 3.25. The summed E-state index contributed by atoms with van der Waals surface area (Å²) in [5, 5.41) is 0. The standard InChI is InChI=1S/C31H26N2/c1-23-18-19-29(24(2)20-23)32-22-27-21-30(25-12-6-3-7-13-25)33(28-16-10-5-11-17-28)31(27)26-14-8-4-9-15-26/h3-22H,1-2H3. The van der Waals surface area contributed by atoms with Gasteiger partial charge in [0.25, 0.3) is 0 Å². The average molecular weight is 427 g/mol. The monoisotopic (exact) mass is 426 g/mol. The van der Waals surface area contributed by atoms with Crippen molar-refractivity contribution in [2.75, 3.05) is 0 Å². The zero-order valence-electron chi connectivity index (χ0n) is 18.9. The van der Waals surface area contributed by atoms with E-state index in [4.69, 9.17) is 4.99 Å². The summed E-state index contributed by atoms with van der Waals surface area (Å²) in [7, 11) is 0. The van der Waals surface area contributed by atoms with Gasteiger partial charge in [0.05, 0.1) is 17.1 Å². The molecule has 0 bridgehead atoms. The molecule has 2 nitrogen and oxygen atoms in total. The summed E-state index contributed by atoms with van der Waals surface area (Å²) in [6.07, 6.45) is 2.01. The third kappa shape index (κ3) is 4.28. The predicted molar refractivity (Wildman–Crippen MR) is 140 cm³/mol. The zero-order chi connectivity index (χ0) is 22.6. The van der Waals surface area contributed by atoms with Gasteiger partial charge in [-0.05, 0) is 54.8 Å². The van der Waals surface area contributed by atoms with Gasteiger partial charge in [-0.1, -0.05) is 96.6 Å². The van der Waals surface area contributed by atoms with Crippen LogP contribution in [0, 0.1) is 13.8 Å². The molecule has 0 radical (unpaired) electrons. The molecule has 0 fully saturated rings. The minimum Gasteiger partial charge on any atom is -0.309 e. The van der Waals surface area contributed by atoms with Crippen molar-refractivity contribution in [3.8, 4) is 28.2 Å². The molecule has 1 heterocycles. The van der Waals surface area contributed by atoms with Gasteiger partial charge in [0.2, 0.25) is 0 Å². The highest BCUT2D eigenvalue weighted by molar-refractivity contribution is 5.94. The summed E-state index contributed by atoms with van der Waals surface area (Å²) >= 11 is 0. The molecule has 0 saturated heterocycles. The lowest BCUT2D eigenvalue weighted by molar-refractivity contribution is 1.09. The summed E-state index contributed by atoms with van der Waals surface area (Å²) < 4.78 is 2.34. The van der Waals surface area contributed by atoms with Crippen LogP contribution in [-0.2, 0) is 0 Å². The fraction of sp³-hybridized carbons (Fsp3) is 0.0645. The SMILES string of the molecule is Cc1ccc(N=Cc2cc(-c3ccccc3)n(-c3ccccc3)c2-c2ccccc2)c(C)c1. The molecule has 5 rings (SSSR count). The molecule has 0 amide bonds. The lowest BCUT2D eigenvalue weighted by Gasteiger charge is -2.15. The number of benzene rings is 4. The second-order valence-electron chi connectivity index (χ2n) is 8.28. The normalized spacial score (nSPS) is 11.2. The van der Waals surface area contributed by atoms with Crippen molar-refractivity contribution >= 4 is 11.9 Å². The van der Waals surface area contributed by atoms with Gasteiger partial charge < -0.3 is 4.57 Å². The lowest BCUT2D eigenvalue weighted by atomic mass is 10.1. The number of para-hydroxylation sites is 1. The molecule has 0 aliphatic carbocycles. The van der Waals surface area contributed by atoms with Crippen LogP contribution in [0.4, 0.5) is 5.69 Å². The molecule has 0 spiro atoms. The molecule has 33 heavy (non-hydrogen) atoms. The number of hydrogen-bond acceptors (Lipinski definition) is 1. The van der Waals surface area contributed by atoms with E-state index < -0.39 is 0 Å². The Balaban J connectivity index is 1.77. The van der Waals surface area contributed by atoms with Gasteiger partial charge >= 0.3 is 0 Å². The number of nitrogens with zero attached hydrogens (tertiary/aromatic N) is 2. The Bertz CT molecular complexity index is 1400. The summed E-state index contributed by atoms with van der Waals surface area (Å²) in [5.41, 5.74) is 10.2. The highest BCUT2D eigenvalue weighted by Gasteiger charge is 2.18. The Morgan fingerprint density at radius 3 is 1.88 bits per heavy atom. The van der Waals surface area contributed by atoms with Crippen LogP contribution in [0.25, 0.3) is 28.2 Å². The van der Waals surface area contributed by atoms with Gasteiger partial charge in [-0.15, -0.1) is 0 Å². The Morgan fingerprint density at radius 2 is 1.24 bits per heavy atom. The molecule has 0 saturated carbocycles. The molecule has 0 N–H and O–H groups in total. The number of aromatic nitrogens is 1. The van der Waals surface area contributed by atoms with E-state index in [1.54, 1.807) is 0 Å². The van der Waals surface area contributed by atoms with Crippen LogP contribution < -0.4 is 0 Å². The van der Waals surface area contributed by atoms with E-state index in [0.717, 1.165) is 33.9 Å². The first-order valence-electron chi connectivity index (χ1n) is 11.2. The Hall–Kier alpha value is -4.17. The van der Waals surface area contributed by atoms with Crippen molar-refractivity contribution in [3.05, 3.63) is 132 Å². The number of aryl methyl sites for hydroxylation is 2. The molecule has 5 aromatic rings. The molecule has 0 aliphatic rings. The quantitative estimate of drug-likeness (QED) is 0.252. The molecule has 0 atom stereocenters. The molecule has 2 heteroatoms. The third-order valence-electron chi connectivity index (χ3n) is 5.86. The minimum absolute atomic E-state index is 0.994. The summed E-state index contributed by atoms with van der Waals surface area (Å²) in [6, 6.07) is 40.3. The number of rotatable bonds is 5. The van der Waals surface area contributed by atoms with Crippen LogP contribution in [0.15, 0.2) is 120 Å². The number of hydrogen-bond donors (Lipinski definition) is 0. The van der Waals surface area contributed by atoms with E-state index in [1.165, 1.54) is 16.7 Å². The maximum atomic E-state index is 4.91. The maximum Gasteiger partial charge on any atom is 0.0659 e. The van der Waals surface area contributed by atoms with E-state index in [-0.39, 0.29) is 0 Å². The van der Waals surface area contributed by atoms with Crippen molar-refractivity contribution in [3.63, 3.8) is 0 Å². The van der Waals surface area contributed by atoms with Crippen LogP contribution in [0.2, 0.25) is 0 Å². The van der Waals surface area contributed by atoms with E-state index in [2.05, 4.69) is 134 Å². The molecule has 0 unspecified atom stereocenters. The Labute approximate surface area is 195 Å². The molecule has 4 aromatic carbocycles. The van der Waals surface area contributed by atoms with Crippen molar-refractivity contribution in [2.45, 2.75) is 13.8 Å². The van der Waals surface area contributed by atoms with Crippen LogP contribution >= 0.6 is 0 Å². The fourth-order valence-corrected chi connectivity index (χ4v) is 4.28. The van der Waals surface area contributed by atoms with Crippen molar-refractivity contribution in [2.24, 2.45) is 4.99 Å². The first-order chi connectivity index (χ1) is 16.2. The van der Waals surface area contributed by atoms with Gasteiger partial charge in [-0.2, -0.15) is 0 Å². The number of aliphatic imine (C=N–C) groups is 1. The summed E-state index contributed by atoms with van der Waals surface area (Å²) in [4.78, 5) is 4.91. The predicted octanol–water partition coefficient (Wildman–Crippen LogP) is 8.18. The van der Waals surface area contributed by atoms with Gasteiger partial charge in [-0.25, -0.2) is 0 Å². The fourth-order valence-electron chi connectivity index (χ4n) is 4.28. The van der Waals surface area contributed by atoms with Crippen LogP contribution in [-0.4, -0.2) is 10.8 Å². The van der Waals surface area contributed by atoms with Gasteiger partial charge in [-0.3, -0.25) is 4.99 Å². The largest absolute Gasteiger partial charge is 0.309 e. The highest BCUT2D eigenvalue weighted by Crippen LogP contribution is 2.35. The van der Waals surface area contributed by atoms with Crippen LogP contribution in [0.5, 0.6) is 0 Å². The topological polar surface area (TPSA) is 17.3 Å². The molecular weight excluding hydrogens is 400 g/mol. The summed E-state index contributed by atoms with van der Waals surface area (Å²) in [6.45, 7) is 4.22. The van der Waals surface area contributed by atoms with Gasteiger partial charge in [0, 0.05) is 17.5 Å². The first kappa shape index (κ1) is 20.7. The lowest BCUT2D eigenvalue weighted by Crippen LogP contribution is -2.00. The van der Waals surface area contributed by atoms with Gasteiger partial charge in [0.15, 0.2) is 0 Å². The molecule has 1 aromatic heterocycles. The third-order valence-corrected chi connectivity index (χ3v) is 5.86. The molecular formula is C31H26N2. The Kier molecular flexibility index (Phi) is 5.73. The van der Waals surface area contributed by atoms with E-state index >= 15 is 0 Å². The first-order valence-corrected chi connectivity index (χ1v) is 11.2. The van der Waals surface area contributed by atoms with Gasteiger partial charge in [0.1, 0.15) is 0 Å². The van der Waals surface area contributed by atoms with Crippen molar-refractivity contribution in [1.82, 2.24) is 4.57 Å². The van der Waals surface area contributed by atoms with E-state index in [9.17, 15) is 0 Å². The van der Waals surface area contributed by atoms with Crippen molar-refractivity contribution in [1.29, 1.82) is 0 Å². The van der Waals surface area contributed by atoms with Crippen LogP contribution in [0.3, 0.4) is 0 Å². The highest BCUT2D eigenvalue weighted by atomic mass is 15.0. The second kappa shape index (κ2) is 9.13. The molecule has 0 aliphatic heterocycles. The van der Waals surface area contributed by atoms with Crippen molar-refractivity contribution < 1.29 is 0 Å². The minimum atomic E-state index is 0.994. The zero-order valence-corrected chi connectivity index (χ0v) is 18.9. The maximum absolute atomic E-state index is 4.91. The summed E-state index contributed by atoms with van der Waals surface area (Å²) in [5.74, 6) is 0. The van der Waals surface area contributed by atoms with E-state index in [1.807, 2.05) is 6.21 Å². The second-order valence-corrected chi connectivity index (χ2v) is 8.28. The molecule has 160 valence electrons.